The number of aliphatic hydroxyl groups is 1. The molecule has 1 aromatic carbocycles. The SMILES string of the molecule is CCOC(=O)C1(O)C(=O)CC(C)(C)c2c1n(C)c1ccccc21. The van der Waals surface area contributed by atoms with Crippen LogP contribution >= 0.6 is 0 Å². The number of rotatable bonds is 2. The molecule has 0 saturated carbocycles. The van der Waals surface area contributed by atoms with Crippen LogP contribution in [0.1, 0.15) is 38.4 Å². The molecule has 1 aliphatic carbocycles. The summed E-state index contributed by atoms with van der Waals surface area (Å²) in [7, 11) is 1.76. The van der Waals surface area contributed by atoms with Gasteiger partial charge in [0.15, 0.2) is 5.78 Å². The van der Waals surface area contributed by atoms with Crippen LogP contribution in [0.15, 0.2) is 24.3 Å². The normalized spacial score (nSPS) is 22.9. The van der Waals surface area contributed by atoms with Crippen molar-refractivity contribution in [2.24, 2.45) is 7.05 Å². The maximum Gasteiger partial charge on any atom is 0.352 e. The van der Waals surface area contributed by atoms with Gasteiger partial charge in [-0.3, -0.25) is 4.79 Å². The van der Waals surface area contributed by atoms with E-state index in [1.54, 1.807) is 18.5 Å². The van der Waals surface area contributed by atoms with Crippen LogP contribution in [-0.2, 0) is 32.4 Å². The molecule has 1 aromatic heterocycles. The summed E-state index contributed by atoms with van der Waals surface area (Å²) in [6.45, 7) is 5.68. The molecule has 23 heavy (non-hydrogen) atoms. The van der Waals surface area contributed by atoms with E-state index in [2.05, 4.69) is 0 Å². The Kier molecular flexibility index (Phi) is 3.37. The molecule has 2 aromatic rings. The average molecular weight is 315 g/mol. The van der Waals surface area contributed by atoms with E-state index in [1.165, 1.54) is 0 Å². The van der Waals surface area contributed by atoms with Crippen molar-refractivity contribution >= 4 is 22.7 Å². The Morgan fingerprint density at radius 1 is 1.35 bits per heavy atom. The molecule has 1 aliphatic rings. The third kappa shape index (κ3) is 1.96. The summed E-state index contributed by atoms with van der Waals surface area (Å²) >= 11 is 0. The largest absolute Gasteiger partial charge is 0.463 e. The molecule has 1 atom stereocenters. The van der Waals surface area contributed by atoms with Gasteiger partial charge in [0.05, 0.1) is 12.3 Å². The zero-order valence-electron chi connectivity index (χ0n) is 13.8. The zero-order valence-corrected chi connectivity index (χ0v) is 13.8. The number of benzene rings is 1. The Labute approximate surface area is 134 Å². The molecular weight excluding hydrogens is 294 g/mol. The highest BCUT2D eigenvalue weighted by Gasteiger charge is 2.57. The van der Waals surface area contributed by atoms with Gasteiger partial charge < -0.3 is 14.4 Å². The van der Waals surface area contributed by atoms with E-state index in [0.29, 0.717) is 5.69 Å². The van der Waals surface area contributed by atoms with Gasteiger partial charge in [0.2, 0.25) is 0 Å². The van der Waals surface area contributed by atoms with Crippen LogP contribution in [0.5, 0.6) is 0 Å². The molecule has 0 radical (unpaired) electrons. The first kappa shape index (κ1) is 15.7. The Morgan fingerprint density at radius 2 is 2.00 bits per heavy atom. The smallest absolute Gasteiger partial charge is 0.352 e. The third-order valence-electron chi connectivity index (χ3n) is 4.70. The van der Waals surface area contributed by atoms with E-state index in [9.17, 15) is 14.7 Å². The van der Waals surface area contributed by atoms with E-state index in [1.807, 2.05) is 38.1 Å². The van der Waals surface area contributed by atoms with Gasteiger partial charge in [0.1, 0.15) is 0 Å². The van der Waals surface area contributed by atoms with Crippen molar-refractivity contribution in [3.63, 3.8) is 0 Å². The van der Waals surface area contributed by atoms with Crippen LogP contribution < -0.4 is 0 Å². The molecule has 0 aliphatic heterocycles. The van der Waals surface area contributed by atoms with Crippen molar-refractivity contribution < 1.29 is 19.4 Å². The van der Waals surface area contributed by atoms with E-state index in [0.717, 1.165) is 16.5 Å². The highest BCUT2D eigenvalue weighted by atomic mass is 16.5. The molecule has 5 nitrogen and oxygen atoms in total. The summed E-state index contributed by atoms with van der Waals surface area (Å²) in [5.74, 6) is -1.41. The number of nitrogens with zero attached hydrogens (tertiary/aromatic N) is 1. The highest BCUT2D eigenvalue weighted by Crippen LogP contribution is 2.47. The number of Topliss-reactive ketones (excluding diaryl/α,β-unsaturated/α-hetero) is 1. The molecule has 0 bridgehead atoms. The topological polar surface area (TPSA) is 68.5 Å². The second kappa shape index (κ2) is 4.93. The second-order valence-corrected chi connectivity index (χ2v) is 6.71. The number of aromatic nitrogens is 1. The fraction of sp³-hybridized carbons (Fsp3) is 0.444. The molecule has 1 N–H and O–H groups in total. The zero-order chi connectivity index (χ0) is 17.0. The van der Waals surface area contributed by atoms with Crippen LogP contribution in [0.25, 0.3) is 10.9 Å². The average Bonchev–Trinajstić information content (AvgIpc) is 2.80. The number of hydrogen-bond acceptors (Lipinski definition) is 4. The van der Waals surface area contributed by atoms with Crippen molar-refractivity contribution in [3.05, 3.63) is 35.5 Å². The van der Waals surface area contributed by atoms with Gasteiger partial charge >= 0.3 is 5.97 Å². The number of fused-ring (bicyclic) bond motifs is 3. The number of para-hydroxylation sites is 1. The molecule has 1 unspecified atom stereocenters. The predicted octanol–water partition coefficient (Wildman–Crippen LogP) is 2.18. The van der Waals surface area contributed by atoms with E-state index < -0.39 is 22.8 Å². The first-order valence-electron chi connectivity index (χ1n) is 7.76. The molecule has 122 valence electrons. The quantitative estimate of drug-likeness (QED) is 0.681. The first-order chi connectivity index (χ1) is 10.7. The summed E-state index contributed by atoms with van der Waals surface area (Å²) in [4.78, 5) is 25.1. The van der Waals surface area contributed by atoms with Crippen molar-refractivity contribution in [2.45, 2.75) is 38.2 Å². The summed E-state index contributed by atoms with van der Waals surface area (Å²) in [6, 6.07) is 7.68. The minimum absolute atomic E-state index is 0.0866. The first-order valence-corrected chi connectivity index (χ1v) is 7.76. The Balaban J connectivity index is 2.42. The highest BCUT2D eigenvalue weighted by molar-refractivity contribution is 6.11. The molecular formula is C18H21NO4. The van der Waals surface area contributed by atoms with E-state index in [-0.39, 0.29) is 13.0 Å². The minimum atomic E-state index is -2.24. The van der Waals surface area contributed by atoms with Crippen LogP contribution in [0.3, 0.4) is 0 Å². The number of ketones is 1. The van der Waals surface area contributed by atoms with Gasteiger partial charge in [0, 0.05) is 24.4 Å². The lowest BCUT2D eigenvalue weighted by Gasteiger charge is -2.38. The van der Waals surface area contributed by atoms with Crippen molar-refractivity contribution in [2.75, 3.05) is 6.61 Å². The Morgan fingerprint density at radius 3 is 2.65 bits per heavy atom. The van der Waals surface area contributed by atoms with Gasteiger partial charge in [-0.2, -0.15) is 0 Å². The van der Waals surface area contributed by atoms with Gasteiger partial charge in [-0.05, 0) is 24.0 Å². The van der Waals surface area contributed by atoms with Gasteiger partial charge in [-0.15, -0.1) is 0 Å². The number of ether oxygens (including phenoxy) is 1. The summed E-state index contributed by atoms with van der Waals surface area (Å²) in [5, 5.41) is 12.0. The van der Waals surface area contributed by atoms with Gasteiger partial charge in [-0.25, -0.2) is 4.79 Å². The summed E-state index contributed by atoms with van der Waals surface area (Å²) in [6.07, 6.45) is 0.0866. The monoisotopic (exact) mass is 315 g/mol. The molecule has 3 rings (SSSR count). The summed E-state index contributed by atoms with van der Waals surface area (Å²) in [5.41, 5.74) is -0.659. The standard InChI is InChI=1S/C18H21NO4/c1-5-23-16(21)18(22)13(20)10-17(2,3)14-11-8-6-7-9-12(11)19(4)15(14)18/h6-9,22H,5,10H2,1-4H3. The Bertz CT molecular complexity index is 818. The second-order valence-electron chi connectivity index (χ2n) is 6.71. The number of carbonyl (C=O) groups excluding carboxylic acids is 2. The van der Waals surface area contributed by atoms with Crippen LogP contribution in [-0.4, -0.2) is 28.0 Å². The van der Waals surface area contributed by atoms with Crippen molar-refractivity contribution in [1.82, 2.24) is 4.57 Å². The number of carbonyl (C=O) groups is 2. The maximum absolute atomic E-state index is 12.7. The molecule has 5 heteroatoms. The minimum Gasteiger partial charge on any atom is -0.463 e. The molecule has 0 fully saturated rings. The molecule has 0 saturated heterocycles. The van der Waals surface area contributed by atoms with Crippen LogP contribution in [0, 0.1) is 0 Å². The van der Waals surface area contributed by atoms with Gasteiger partial charge in [-0.1, -0.05) is 32.0 Å². The van der Waals surface area contributed by atoms with Crippen molar-refractivity contribution in [1.29, 1.82) is 0 Å². The third-order valence-corrected chi connectivity index (χ3v) is 4.70. The number of esters is 1. The lowest BCUT2D eigenvalue weighted by atomic mass is 9.68. The number of aryl methyl sites for hydroxylation is 1. The van der Waals surface area contributed by atoms with Crippen LogP contribution in [0.4, 0.5) is 0 Å². The lowest BCUT2D eigenvalue weighted by Crippen LogP contribution is -2.52. The fourth-order valence-corrected chi connectivity index (χ4v) is 3.70. The molecule has 1 heterocycles. The maximum atomic E-state index is 12.7. The molecule has 0 spiro atoms. The van der Waals surface area contributed by atoms with Crippen molar-refractivity contribution in [3.8, 4) is 0 Å². The van der Waals surface area contributed by atoms with E-state index >= 15 is 0 Å². The predicted molar refractivity (Wildman–Crippen MR) is 86.1 cm³/mol. The number of hydrogen-bond donors (Lipinski definition) is 1. The van der Waals surface area contributed by atoms with Gasteiger partial charge in [0.25, 0.3) is 5.60 Å². The lowest BCUT2D eigenvalue weighted by molar-refractivity contribution is -0.173. The fourth-order valence-electron chi connectivity index (χ4n) is 3.70. The summed E-state index contributed by atoms with van der Waals surface area (Å²) < 4.78 is 6.74. The Hall–Kier alpha value is -2.14. The van der Waals surface area contributed by atoms with E-state index in [4.69, 9.17) is 4.74 Å². The van der Waals surface area contributed by atoms with Crippen LogP contribution in [0.2, 0.25) is 0 Å². The molecule has 0 amide bonds.